The first kappa shape index (κ1) is 36.4. The van der Waals surface area contributed by atoms with Crippen molar-refractivity contribution in [2.24, 2.45) is 11.8 Å². The molecule has 47 heavy (non-hydrogen) atoms. The Bertz CT molecular complexity index is 1440. The molecule has 4 rings (SSSR count). The van der Waals surface area contributed by atoms with Crippen LogP contribution in [0.15, 0.2) is 30.3 Å². The van der Waals surface area contributed by atoms with E-state index < -0.39 is 22.3 Å². The number of hydrogen-bond acceptors (Lipinski definition) is 8. The first-order chi connectivity index (χ1) is 22.5. The molecule has 2 atom stereocenters. The zero-order chi connectivity index (χ0) is 34.0. The highest BCUT2D eigenvalue weighted by molar-refractivity contribution is 7.86. The van der Waals surface area contributed by atoms with Gasteiger partial charge in [-0.25, -0.2) is 9.67 Å². The van der Waals surface area contributed by atoms with Crippen LogP contribution in [0.3, 0.4) is 0 Å². The lowest BCUT2D eigenvalue weighted by atomic mass is 9.99. The van der Waals surface area contributed by atoms with Crippen molar-refractivity contribution >= 4 is 27.9 Å². The lowest BCUT2D eigenvalue weighted by Crippen LogP contribution is -2.50. The predicted octanol–water partition coefficient (Wildman–Crippen LogP) is 1.33. The van der Waals surface area contributed by atoms with Gasteiger partial charge < -0.3 is 20.7 Å². The lowest BCUT2D eigenvalue weighted by molar-refractivity contribution is -0.129. The average molecular weight is 675 g/mol. The highest BCUT2D eigenvalue weighted by atomic mass is 32.2. The fourth-order valence-corrected chi connectivity index (χ4v) is 7.78. The summed E-state index contributed by atoms with van der Waals surface area (Å²) in [6.45, 7) is 7.47. The van der Waals surface area contributed by atoms with Gasteiger partial charge in [-0.1, -0.05) is 44.2 Å². The van der Waals surface area contributed by atoms with E-state index in [1.54, 1.807) is 14.0 Å². The minimum atomic E-state index is -3.80. The maximum atomic E-state index is 13.8. The molecule has 2 aliphatic heterocycles. The number of methoxy groups -OCH3 is 1. The molecule has 2 aromatic rings. The summed E-state index contributed by atoms with van der Waals surface area (Å²) in [5, 5.41) is 13.3. The molecule has 1 aromatic heterocycles. The van der Waals surface area contributed by atoms with Gasteiger partial charge in [-0.3, -0.25) is 14.4 Å². The van der Waals surface area contributed by atoms with Crippen molar-refractivity contribution in [3.8, 4) is 0 Å². The van der Waals surface area contributed by atoms with Crippen molar-refractivity contribution in [2.75, 3.05) is 46.4 Å². The van der Waals surface area contributed by atoms with Crippen LogP contribution in [0.2, 0.25) is 0 Å². The van der Waals surface area contributed by atoms with E-state index in [4.69, 9.17) is 4.74 Å². The standard InChI is InChI=1S/C32H50N8O6S/c1-23(2)30-31-34-24(3)37-40(31)21-29(42)33-15-9-17-38(47(44,45)39-18-13-26(14-19-39)22-46-4)16-8-12-28(41)35-27(32(43)36-30)20-25-10-6-5-7-11-25/h5-7,10-11,23,26-27,30H,8-9,12-22H2,1-4H3,(H,33,42)(H,35,41)(H,36,43)/t27-,30+/m1/s1. The molecule has 0 spiro atoms. The SMILES string of the molecule is COCC1CCN(S(=O)(=O)N2CCCNC(=O)Cn3nc(C)nc3[C@H](C(C)C)NC(=O)[C@@H](Cc3ccccc3)NC(=O)CCC2)CC1. The van der Waals surface area contributed by atoms with Crippen molar-refractivity contribution in [3.63, 3.8) is 0 Å². The predicted molar refractivity (Wildman–Crippen MR) is 176 cm³/mol. The molecule has 3 heterocycles. The molecule has 0 bridgehead atoms. The van der Waals surface area contributed by atoms with E-state index in [1.165, 1.54) is 13.3 Å². The van der Waals surface area contributed by atoms with Gasteiger partial charge in [0.05, 0.1) is 6.04 Å². The van der Waals surface area contributed by atoms with E-state index >= 15 is 0 Å². The van der Waals surface area contributed by atoms with Crippen LogP contribution >= 0.6 is 0 Å². The zero-order valence-electron chi connectivity index (χ0n) is 28.0. The summed E-state index contributed by atoms with van der Waals surface area (Å²) < 4.78 is 37.2. The average Bonchev–Trinajstić information content (AvgIpc) is 3.39. The number of aryl methyl sites for hydroxylation is 1. The number of piperidine rings is 1. The monoisotopic (exact) mass is 674 g/mol. The number of hydrogen-bond donors (Lipinski definition) is 3. The van der Waals surface area contributed by atoms with Gasteiger partial charge in [-0.15, -0.1) is 0 Å². The number of carbonyl (C=O) groups excluding carboxylic acids is 3. The minimum Gasteiger partial charge on any atom is -0.384 e. The quantitative estimate of drug-likeness (QED) is 0.396. The zero-order valence-corrected chi connectivity index (χ0v) is 28.8. The molecule has 14 nitrogen and oxygen atoms in total. The van der Waals surface area contributed by atoms with Gasteiger partial charge in [-0.2, -0.15) is 22.1 Å². The number of nitrogens with zero attached hydrogens (tertiary/aromatic N) is 5. The highest BCUT2D eigenvalue weighted by Crippen LogP contribution is 2.23. The van der Waals surface area contributed by atoms with Crippen LogP contribution in [0.25, 0.3) is 0 Å². The number of carbonyl (C=O) groups is 3. The van der Waals surface area contributed by atoms with Gasteiger partial charge in [0, 0.05) is 59.3 Å². The summed E-state index contributed by atoms with van der Waals surface area (Å²) in [6, 6.07) is 7.96. The van der Waals surface area contributed by atoms with Crippen molar-refractivity contribution in [1.82, 2.24) is 39.3 Å². The Kier molecular flexibility index (Phi) is 13.3. The summed E-state index contributed by atoms with van der Waals surface area (Å²) in [5.41, 5.74) is 0.874. The maximum absolute atomic E-state index is 13.8. The fourth-order valence-electron chi connectivity index (χ4n) is 6.07. The van der Waals surface area contributed by atoms with Crippen LogP contribution in [-0.2, 0) is 42.3 Å². The highest BCUT2D eigenvalue weighted by Gasteiger charge is 2.33. The third kappa shape index (κ3) is 10.3. The van der Waals surface area contributed by atoms with Gasteiger partial charge in [0.15, 0.2) is 5.82 Å². The van der Waals surface area contributed by atoms with E-state index in [2.05, 4.69) is 26.0 Å². The van der Waals surface area contributed by atoms with Crippen molar-refractivity contribution in [3.05, 3.63) is 47.5 Å². The largest absolute Gasteiger partial charge is 0.384 e. The van der Waals surface area contributed by atoms with Gasteiger partial charge in [0.25, 0.3) is 10.2 Å². The number of ether oxygens (including phenoxy) is 1. The Morgan fingerprint density at radius 1 is 0.957 bits per heavy atom. The van der Waals surface area contributed by atoms with Crippen LogP contribution in [-0.4, -0.2) is 102 Å². The summed E-state index contributed by atoms with van der Waals surface area (Å²) in [5.74, 6) is 0.0961. The first-order valence-electron chi connectivity index (χ1n) is 16.5. The second-order valence-electron chi connectivity index (χ2n) is 12.7. The van der Waals surface area contributed by atoms with Gasteiger partial charge >= 0.3 is 0 Å². The van der Waals surface area contributed by atoms with Crippen LogP contribution < -0.4 is 16.0 Å². The molecule has 0 radical (unpaired) electrons. The maximum Gasteiger partial charge on any atom is 0.281 e. The molecule has 2 aliphatic rings. The second kappa shape index (κ2) is 17.1. The van der Waals surface area contributed by atoms with Crippen molar-refractivity contribution in [1.29, 1.82) is 0 Å². The molecule has 3 N–H and O–H groups in total. The molecule has 1 fully saturated rings. The molecule has 1 aromatic carbocycles. The van der Waals surface area contributed by atoms with E-state index in [0.717, 1.165) is 5.56 Å². The molecule has 0 aliphatic carbocycles. The van der Waals surface area contributed by atoms with E-state index in [0.29, 0.717) is 56.5 Å². The Morgan fingerprint density at radius 3 is 2.32 bits per heavy atom. The Labute approximate surface area is 278 Å². The number of fused-ring (bicyclic) bond motifs is 1. The summed E-state index contributed by atoms with van der Waals surface area (Å²) >= 11 is 0. The summed E-state index contributed by atoms with van der Waals surface area (Å²) in [4.78, 5) is 44.7. The second-order valence-corrected chi connectivity index (χ2v) is 14.7. The first-order valence-corrected chi connectivity index (χ1v) is 17.9. The van der Waals surface area contributed by atoms with Crippen molar-refractivity contribution < 1.29 is 27.5 Å². The molecule has 0 saturated carbocycles. The van der Waals surface area contributed by atoms with E-state index in [-0.39, 0.29) is 69.1 Å². The lowest BCUT2D eigenvalue weighted by Gasteiger charge is -2.35. The number of nitrogens with one attached hydrogen (secondary N) is 3. The topological polar surface area (TPSA) is 168 Å². The molecule has 260 valence electrons. The third-order valence-electron chi connectivity index (χ3n) is 8.62. The molecule has 1 saturated heterocycles. The molecule has 15 heteroatoms. The van der Waals surface area contributed by atoms with Gasteiger partial charge in [0.1, 0.15) is 18.4 Å². The van der Waals surface area contributed by atoms with Crippen LogP contribution in [0, 0.1) is 18.8 Å². The molecule has 0 unspecified atom stereocenters. The molecular weight excluding hydrogens is 624 g/mol. The van der Waals surface area contributed by atoms with E-state index in [1.807, 2.05) is 44.2 Å². The van der Waals surface area contributed by atoms with E-state index in [9.17, 15) is 22.8 Å². The number of aromatic nitrogens is 3. The third-order valence-corrected chi connectivity index (χ3v) is 10.7. The van der Waals surface area contributed by atoms with Gasteiger partial charge in [-0.05, 0) is 50.0 Å². The van der Waals surface area contributed by atoms with Crippen LogP contribution in [0.4, 0.5) is 0 Å². The molecule has 3 amide bonds. The van der Waals surface area contributed by atoms with Crippen molar-refractivity contribution in [2.45, 2.75) is 77.9 Å². The summed E-state index contributed by atoms with van der Waals surface area (Å²) in [6.07, 6.45) is 2.39. The molecular formula is C32H50N8O6S. The Hall–Kier alpha value is -3.40. The fraction of sp³-hybridized carbons (Fsp3) is 0.656. The smallest absolute Gasteiger partial charge is 0.281 e. The number of benzene rings is 1. The minimum absolute atomic E-state index is 0.0400. The summed E-state index contributed by atoms with van der Waals surface area (Å²) in [7, 11) is -2.15. The van der Waals surface area contributed by atoms with Crippen LogP contribution in [0.5, 0.6) is 0 Å². The van der Waals surface area contributed by atoms with Crippen LogP contribution in [0.1, 0.15) is 69.2 Å². The number of amides is 3. The van der Waals surface area contributed by atoms with Gasteiger partial charge in [0.2, 0.25) is 17.7 Å². The Balaban J connectivity index is 1.57. The normalized spacial score (nSPS) is 22.5. The Morgan fingerprint density at radius 2 is 1.64 bits per heavy atom. The number of rotatable bonds is 7.